The molecule has 17 heavy (non-hydrogen) atoms. The largest absolute Gasteiger partial charge is 0.468 e. The molecule has 2 atom stereocenters. The van der Waals surface area contributed by atoms with Crippen LogP contribution in [-0.4, -0.2) is 37.6 Å². The van der Waals surface area contributed by atoms with Gasteiger partial charge in [0.25, 0.3) is 0 Å². The van der Waals surface area contributed by atoms with E-state index in [0.29, 0.717) is 0 Å². The number of carbonyl (C=O) groups excluding carboxylic acids is 1. The van der Waals surface area contributed by atoms with Crippen LogP contribution in [0.1, 0.15) is 25.3 Å². The number of nitrogens with zero attached hydrogens (tertiary/aromatic N) is 1. The van der Waals surface area contributed by atoms with Gasteiger partial charge in [-0.3, -0.25) is 9.69 Å². The maximum atomic E-state index is 12.0. The van der Waals surface area contributed by atoms with Gasteiger partial charge < -0.3 is 4.74 Å². The Morgan fingerprint density at radius 2 is 1.82 bits per heavy atom. The minimum atomic E-state index is -0.657. The van der Waals surface area contributed by atoms with Crippen LogP contribution in [0.2, 0.25) is 0 Å². The second-order valence-electron chi connectivity index (χ2n) is 4.67. The van der Waals surface area contributed by atoms with Gasteiger partial charge in [0.15, 0.2) is 0 Å². The summed E-state index contributed by atoms with van der Waals surface area (Å²) in [5.41, 5.74) is 0.477. The van der Waals surface area contributed by atoms with Crippen LogP contribution in [0.4, 0.5) is 0 Å². The fraction of sp³-hybridized carbons (Fsp3) is 0.500. The van der Waals surface area contributed by atoms with E-state index in [-0.39, 0.29) is 11.9 Å². The summed E-state index contributed by atoms with van der Waals surface area (Å²) in [6, 6.07) is 10.0. The average Bonchev–Trinajstić information content (AvgIpc) is 2.36. The third kappa shape index (κ3) is 2.50. The number of ether oxygens (including phenoxy) is 1. The molecule has 1 unspecified atom stereocenters. The Balaban J connectivity index is 3.12. The van der Waals surface area contributed by atoms with Crippen LogP contribution >= 0.6 is 0 Å². The van der Waals surface area contributed by atoms with Crippen molar-refractivity contribution < 1.29 is 9.53 Å². The fourth-order valence-electron chi connectivity index (χ4n) is 2.02. The van der Waals surface area contributed by atoms with E-state index in [4.69, 9.17) is 4.74 Å². The van der Waals surface area contributed by atoms with Gasteiger partial charge in [-0.25, -0.2) is 0 Å². The van der Waals surface area contributed by atoms with Gasteiger partial charge in [0, 0.05) is 5.92 Å². The Kier molecular flexibility index (Phi) is 4.29. The molecule has 0 aliphatic carbocycles. The minimum absolute atomic E-state index is 0.0612. The number of methoxy groups -OCH3 is 1. The smallest absolute Gasteiger partial charge is 0.326 e. The third-order valence-electron chi connectivity index (χ3n) is 3.67. The van der Waals surface area contributed by atoms with Gasteiger partial charge in [0.2, 0.25) is 0 Å². The van der Waals surface area contributed by atoms with E-state index in [1.807, 2.05) is 63.2 Å². The lowest BCUT2D eigenvalue weighted by molar-refractivity contribution is -0.154. The molecule has 94 valence electrons. The van der Waals surface area contributed by atoms with Crippen LogP contribution in [0, 0.1) is 0 Å². The van der Waals surface area contributed by atoms with Crippen molar-refractivity contribution in [2.45, 2.75) is 25.3 Å². The number of benzene rings is 1. The van der Waals surface area contributed by atoms with Crippen molar-refractivity contribution in [3.05, 3.63) is 35.9 Å². The quantitative estimate of drug-likeness (QED) is 0.750. The van der Waals surface area contributed by atoms with Crippen molar-refractivity contribution >= 4 is 5.97 Å². The molecule has 0 bridgehead atoms. The van der Waals surface area contributed by atoms with Crippen molar-refractivity contribution in [1.82, 2.24) is 4.90 Å². The van der Waals surface area contributed by atoms with E-state index in [0.717, 1.165) is 5.56 Å². The van der Waals surface area contributed by atoms with Gasteiger partial charge in [0.1, 0.15) is 5.54 Å². The molecule has 0 fully saturated rings. The molecule has 0 spiro atoms. The van der Waals surface area contributed by atoms with E-state index in [9.17, 15) is 4.79 Å². The number of hydrogen-bond donors (Lipinski definition) is 0. The van der Waals surface area contributed by atoms with Gasteiger partial charge in [-0.15, -0.1) is 0 Å². The highest BCUT2D eigenvalue weighted by Gasteiger charge is 2.42. The molecule has 0 saturated heterocycles. The van der Waals surface area contributed by atoms with Crippen LogP contribution in [-0.2, 0) is 9.53 Å². The van der Waals surface area contributed by atoms with E-state index in [1.165, 1.54) is 7.11 Å². The summed E-state index contributed by atoms with van der Waals surface area (Å²) in [6.45, 7) is 3.96. The molecule has 0 N–H and O–H groups in total. The lowest BCUT2D eigenvalue weighted by Crippen LogP contribution is -2.53. The predicted molar refractivity (Wildman–Crippen MR) is 69.0 cm³/mol. The molecule has 0 aromatic heterocycles. The summed E-state index contributed by atoms with van der Waals surface area (Å²) < 4.78 is 4.94. The molecule has 1 rings (SSSR count). The topological polar surface area (TPSA) is 29.5 Å². The van der Waals surface area contributed by atoms with Crippen molar-refractivity contribution in [1.29, 1.82) is 0 Å². The molecule has 0 saturated carbocycles. The Labute approximate surface area is 103 Å². The number of likely N-dealkylation sites (N-methyl/N-ethyl adjacent to an activating group) is 1. The number of carbonyl (C=O) groups is 1. The molecule has 0 radical (unpaired) electrons. The zero-order valence-corrected chi connectivity index (χ0v) is 11.2. The Bertz CT molecular complexity index is 375. The maximum absolute atomic E-state index is 12.0. The van der Waals surface area contributed by atoms with Crippen molar-refractivity contribution in [3.63, 3.8) is 0 Å². The third-order valence-corrected chi connectivity index (χ3v) is 3.67. The van der Waals surface area contributed by atoms with Crippen molar-refractivity contribution in [2.24, 2.45) is 0 Å². The van der Waals surface area contributed by atoms with Gasteiger partial charge in [-0.05, 0) is 26.6 Å². The van der Waals surface area contributed by atoms with Crippen molar-refractivity contribution in [3.8, 4) is 0 Å². The molecule has 0 amide bonds. The monoisotopic (exact) mass is 235 g/mol. The van der Waals surface area contributed by atoms with Crippen LogP contribution in [0.25, 0.3) is 0 Å². The van der Waals surface area contributed by atoms with E-state index in [1.54, 1.807) is 0 Å². The first kappa shape index (κ1) is 13.7. The summed E-state index contributed by atoms with van der Waals surface area (Å²) in [5, 5.41) is 0. The lowest BCUT2D eigenvalue weighted by atomic mass is 9.81. The summed E-state index contributed by atoms with van der Waals surface area (Å²) in [7, 11) is 5.23. The first-order chi connectivity index (χ1) is 7.94. The SMILES string of the molecule is COC(=O)[C@](C)(C(C)c1ccccc1)N(C)C. The summed E-state index contributed by atoms with van der Waals surface area (Å²) in [6.07, 6.45) is 0. The van der Waals surface area contributed by atoms with Gasteiger partial charge in [0.05, 0.1) is 7.11 Å². The Morgan fingerprint density at radius 1 is 1.29 bits per heavy atom. The molecule has 0 aliphatic rings. The number of rotatable bonds is 4. The fourth-order valence-corrected chi connectivity index (χ4v) is 2.02. The second-order valence-corrected chi connectivity index (χ2v) is 4.67. The molecular weight excluding hydrogens is 214 g/mol. The van der Waals surface area contributed by atoms with Crippen LogP contribution in [0.5, 0.6) is 0 Å². The molecule has 3 nitrogen and oxygen atoms in total. The van der Waals surface area contributed by atoms with E-state index < -0.39 is 5.54 Å². The highest BCUT2D eigenvalue weighted by atomic mass is 16.5. The van der Waals surface area contributed by atoms with Crippen LogP contribution in [0.3, 0.4) is 0 Å². The molecule has 3 heteroatoms. The molecule has 0 aliphatic heterocycles. The van der Waals surface area contributed by atoms with E-state index in [2.05, 4.69) is 0 Å². The summed E-state index contributed by atoms with van der Waals surface area (Å²) in [5.74, 6) is -0.148. The Morgan fingerprint density at radius 3 is 2.24 bits per heavy atom. The summed E-state index contributed by atoms with van der Waals surface area (Å²) >= 11 is 0. The highest BCUT2D eigenvalue weighted by molar-refractivity contribution is 5.81. The van der Waals surface area contributed by atoms with Crippen LogP contribution in [0.15, 0.2) is 30.3 Å². The minimum Gasteiger partial charge on any atom is -0.468 e. The number of hydrogen-bond acceptors (Lipinski definition) is 3. The zero-order valence-electron chi connectivity index (χ0n) is 11.2. The van der Waals surface area contributed by atoms with E-state index >= 15 is 0 Å². The standard InChI is InChI=1S/C14H21NO2/c1-11(12-9-7-6-8-10-12)14(2,15(3)4)13(16)17-5/h6-11H,1-5H3/t11?,14-/m0/s1. The van der Waals surface area contributed by atoms with Gasteiger partial charge >= 0.3 is 5.97 Å². The highest BCUT2D eigenvalue weighted by Crippen LogP contribution is 2.32. The molecule has 1 aromatic rings. The first-order valence-electron chi connectivity index (χ1n) is 5.75. The number of esters is 1. The van der Waals surface area contributed by atoms with Crippen molar-refractivity contribution in [2.75, 3.05) is 21.2 Å². The summed E-state index contributed by atoms with van der Waals surface area (Å²) in [4.78, 5) is 13.9. The normalized spacial score (nSPS) is 16.4. The molecule has 0 heterocycles. The molecule has 1 aromatic carbocycles. The molecular formula is C14H21NO2. The van der Waals surface area contributed by atoms with Gasteiger partial charge in [-0.1, -0.05) is 37.3 Å². The maximum Gasteiger partial charge on any atom is 0.326 e. The van der Waals surface area contributed by atoms with Gasteiger partial charge in [-0.2, -0.15) is 0 Å². The second kappa shape index (κ2) is 5.32. The first-order valence-corrected chi connectivity index (χ1v) is 5.75. The average molecular weight is 235 g/mol. The predicted octanol–water partition coefficient (Wildman–Crippen LogP) is 2.28. The Hall–Kier alpha value is -1.35. The zero-order chi connectivity index (χ0) is 13.1. The lowest BCUT2D eigenvalue weighted by Gasteiger charge is -2.38. The van der Waals surface area contributed by atoms with Crippen LogP contribution < -0.4 is 0 Å².